The minimum absolute atomic E-state index is 0.305. The molecule has 4 nitrogen and oxygen atoms in total. The average molecular weight is 280 g/mol. The molecular weight excluding hydrogens is 270 g/mol. The van der Waals surface area contributed by atoms with Crippen LogP contribution in [0.4, 0.5) is 0 Å². The van der Waals surface area contributed by atoms with Crippen molar-refractivity contribution in [2.45, 2.75) is 6.92 Å². The number of hydrogen-bond donors (Lipinski definition) is 0. The summed E-state index contributed by atoms with van der Waals surface area (Å²) in [5, 5.41) is 0. The molecule has 1 aromatic heterocycles. The van der Waals surface area contributed by atoms with E-state index in [1.165, 1.54) is 18.6 Å². The molecule has 0 fully saturated rings. The molecule has 1 rings (SSSR count). The van der Waals surface area contributed by atoms with Crippen LogP contribution in [0.5, 0.6) is 0 Å². The molecule has 0 aliphatic rings. The van der Waals surface area contributed by atoms with Gasteiger partial charge in [0, 0.05) is 18.1 Å². The van der Waals surface area contributed by atoms with Crippen LogP contribution in [0, 0.1) is 0 Å². The monoisotopic (exact) mass is 279 g/mol. The number of furan rings is 1. The number of rotatable bonds is 2. The third-order valence-corrected chi connectivity index (χ3v) is 3.67. The first-order valence-corrected chi connectivity index (χ1v) is 6.81. The molecule has 1 amide bonds. The summed E-state index contributed by atoms with van der Waals surface area (Å²) in [5.41, 5.74) is 0.305. The first-order chi connectivity index (χ1) is 6.44. The third kappa shape index (κ3) is 2.95. The first kappa shape index (κ1) is 11.5. The Morgan fingerprint density at radius 1 is 1.71 bits per heavy atom. The lowest BCUT2D eigenvalue weighted by atomic mass is 10.3. The van der Waals surface area contributed by atoms with Crippen LogP contribution < -0.4 is 0 Å². The molecule has 1 heterocycles. The van der Waals surface area contributed by atoms with E-state index < -0.39 is 15.6 Å². The fourth-order valence-corrected chi connectivity index (χ4v) is 1.64. The van der Waals surface area contributed by atoms with Gasteiger partial charge in [0.2, 0.25) is 0 Å². The number of nitrogens with zero attached hydrogens (tertiary/aromatic N) is 1. The highest BCUT2D eigenvalue weighted by Crippen LogP contribution is 2.15. The van der Waals surface area contributed by atoms with Gasteiger partial charge in [-0.25, -0.2) is 4.21 Å². The lowest BCUT2D eigenvalue weighted by Crippen LogP contribution is -2.04. The molecule has 14 heavy (non-hydrogen) atoms. The minimum Gasteiger partial charge on any atom is -0.457 e. The van der Waals surface area contributed by atoms with E-state index in [2.05, 4.69) is 20.3 Å². The lowest BCUT2D eigenvalue weighted by Gasteiger charge is -1.96. The van der Waals surface area contributed by atoms with Gasteiger partial charge in [-0.3, -0.25) is 4.79 Å². The Hall–Kier alpha value is -0.620. The molecule has 1 aromatic rings. The van der Waals surface area contributed by atoms with Crippen molar-refractivity contribution in [2.75, 3.05) is 12.0 Å². The van der Waals surface area contributed by atoms with Crippen LogP contribution >= 0.6 is 15.9 Å². The van der Waals surface area contributed by atoms with E-state index in [0.717, 1.165) is 0 Å². The number of hydrogen-bond acceptors (Lipinski definition) is 3. The Labute approximate surface area is 91.0 Å². The quantitative estimate of drug-likeness (QED) is 0.835. The second-order valence-electron chi connectivity index (χ2n) is 2.78. The predicted molar refractivity (Wildman–Crippen MR) is 57.8 cm³/mol. The predicted octanol–water partition coefficient (Wildman–Crippen LogP) is 2.30. The summed E-state index contributed by atoms with van der Waals surface area (Å²) in [7, 11) is -2.39. The van der Waals surface area contributed by atoms with Gasteiger partial charge in [0.25, 0.3) is 5.91 Å². The van der Waals surface area contributed by atoms with Crippen molar-refractivity contribution in [2.24, 2.45) is 4.36 Å². The van der Waals surface area contributed by atoms with Crippen LogP contribution in [0.1, 0.15) is 17.3 Å². The highest BCUT2D eigenvalue weighted by Gasteiger charge is 2.10. The molecule has 78 valence electrons. The summed E-state index contributed by atoms with van der Waals surface area (Å²) in [6.45, 7) is 1.73. The molecular formula is C8H10BrNO3S. The van der Waals surface area contributed by atoms with Crippen molar-refractivity contribution in [3.8, 4) is 0 Å². The van der Waals surface area contributed by atoms with Gasteiger partial charge in [0.15, 0.2) is 4.67 Å². The number of carbonyl (C=O) groups excluding carboxylic acids is 1. The average Bonchev–Trinajstić information content (AvgIpc) is 2.51. The molecule has 0 radical (unpaired) electrons. The fourth-order valence-electron chi connectivity index (χ4n) is 0.715. The third-order valence-electron chi connectivity index (χ3n) is 1.63. The maximum atomic E-state index is 11.5. The Balaban J connectivity index is 2.99. The second kappa shape index (κ2) is 4.27. The topological polar surface area (TPSA) is 59.6 Å². The van der Waals surface area contributed by atoms with E-state index in [9.17, 15) is 9.00 Å². The standard InChI is InChI=1S/C8H10BrNO3S/c1-3-14(2,12)10-8(11)6-4-7(9)13-5-6/h4-5H,3H2,1-2H3. The van der Waals surface area contributed by atoms with Crippen LogP contribution in [-0.2, 0) is 9.73 Å². The summed E-state index contributed by atoms with van der Waals surface area (Å²) in [6.07, 6.45) is 2.74. The van der Waals surface area contributed by atoms with Crippen LogP contribution in [0.2, 0.25) is 0 Å². The van der Waals surface area contributed by atoms with E-state index in [1.54, 1.807) is 6.92 Å². The van der Waals surface area contributed by atoms with Crippen molar-refractivity contribution in [1.82, 2.24) is 0 Å². The van der Waals surface area contributed by atoms with E-state index in [4.69, 9.17) is 4.42 Å². The molecule has 6 heteroatoms. The molecule has 1 unspecified atom stereocenters. The number of carbonyl (C=O) groups is 1. The van der Waals surface area contributed by atoms with E-state index in [0.29, 0.717) is 16.0 Å². The minimum atomic E-state index is -2.39. The largest absolute Gasteiger partial charge is 0.457 e. The lowest BCUT2D eigenvalue weighted by molar-refractivity contribution is 0.100. The Morgan fingerprint density at radius 2 is 2.36 bits per heavy atom. The van der Waals surface area contributed by atoms with Crippen molar-refractivity contribution in [3.05, 3.63) is 22.6 Å². The van der Waals surface area contributed by atoms with Gasteiger partial charge in [-0.1, -0.05) is 6.92 Å². The fraction of sp³-hybridized carbons (Fsp3) is 0.375. The van der Waals surface area contributed by atoms with Gasteiger partial charge < -0.3 is 4.42 Å². The van der Waals surface area contributed by atoms with Gasteiger partial charge in [-0.05, 0) is 15.9 Å². The van der Waals surface area contributed by atoms with Gasteiger partial charge in [0.1, 0.15) is 6.26 Å². The number of amides is 1. The van der Waals surface area contributed by atoms with E-state index in [1.807, 2.05) is 0 Å². The normalized spacial score (nSPS) is 14.8. The van der Waals surface area contributed by atoms with Crippen molar-refractivity contribution >= 4 is 31.6 Å². The molecule has 0 saturated heterocycles. The summed E-state index contributed by atoms with van der Waals surface area (Å²) in [6, 6.07) is 1.50. The molecule has 0 saturated carbocycles. The SMILES string of the molecule is CCS(C)(=O)=NC(=O)c1coc(Br)c1. The van der Waals surface area contributed by atoms with Crippen molar-refractivity contribution < 1.29 is 13.4 Å². The second-order valence-corrected chi connectivity index (χ2v) is 6.24. The maximum Gasteiger partial charge on any atom is 0.288 e. The first-order valence-electron chi connectivity index (χ1n) is 3.93. The Bertz CT molecular complexity index is 457. The van der Waals surface area contributed by atoms with Crippen molar-refractivity contribution in [3.63, 3.8) is 0 Å². The van der Waals surface area contributed by atoms with E-state index in [-0.39, 0.29) is 0 Å². The van der Waals surface area contributed by atoms with Crippen LogP contribution in [0.15, 0.2) is 25.8 Å². The molecule has 0 aromatic carbocycles. The summed E-state index contributed by atoms with van der Waals surface area (Å²) < 4.78 is 20.5. The summed E-state index contributed by atoms with van der Waals surface area (Å²) in [4.78, 5) is 11.4. The summed E-state index contributed by atoms with van der Waals surface area (Å²) >= 11 is 3.07. The highest BCUT2D eigenvalue weighted by molar-refractivity contribution is 9.10. The molecule has 0 spiro atoms. The molecule has 0 aliphatic carbocycles. The Morgan fingerprint density at radius 3 is 2.79 bits per heavy atom. The van der Waals surface area contributed by atoms with Gasteiger partial charge in [-0.15, -0.1) is 0 Å². The zero-order chi connectivity index (χ0) is 10.8. The molecule has 0 bridgehead atoms. The van der Waals surface area contributed by atoms with Crippen molar-refractivity contribution in [1.29, 1.82) is 0 Å². The van der Waals surface area contributed by atoms with Gasteiger partial charge in [0.05, 0.1) is 15.3 Å². The molecule has 0 aliphatic heterocycles. The van der Waals surface area contributed by atoms with Crippen LogP contribution in [-0.4, -0.2) is 22.1 Å². The van der Waals surface area contributed by atoms with Gasteiger partial charge in [-0.2, -0.15) is 4.36 Å². The van der Waals surface area contributed by atoms with Crippen LogP contribution in [0.25, 0.3) is 0 Å². The molecule has 1 atom stereocenters. The zero-order valence-corrected chi connectivity index (χ0v) is 10.2. The Kier molecular flexibility index (Phi) is 3.49. The van der Waals surface area contributed by atoms with Gasteiger partial charge >= 0.3 is 0 Å². The van der Waals surface area contributed by atoms with Crippen LogP contribution in [0.3, 0.4) is 0 Å². The van der Waals surface area contributed by atoms with E-state index >= 15 is 0 Å². The smallest absolute Gasteiger partial charge is 0.288 e. The maximum absolute atomic E-state index is 11.5. The zero-order valence-electron chi connectivity index (χ0n) is 7.82. The summed E-state index contributed by atoms with van der Waals surface area (Å²) in [5.74, 6) is -0.147. The molecule has 0 N–H and O–H groups in total. The number of halogens is 1. The highest BCUT2D eigenvalue weighted by atomic mass is 79.9.